The predicted octanol–water partition coefficient (Wildman–Crippen LogP) is 1.66. The first-order valence-electron chi connectivity index (χ1n) is 6.76. The molecular weight excluding hydrogens is 226 g/mol. The number of pyridine rings is 1. The Labute approximate surface area is 109 Å². The minimum atomic E-state index is 0.704. The van der Waals surface area contributed by atoms with Crippen molar-refractivity contribution in [1.29, 1.82) is 0 Å². The molecule has 4 heteroatoms. The summed E-state index contributed by atoms with van der Waals surface area (Å²) < 4.78 is 5.15. The number of nitrogens with one attached hydrogen (secondary N) is 1. The zero-order valence-electron chi connectivity index (χ0n) is 11.4. The zero-order valence-corrected chi connectivity index (χ0v) is 11.4. The first kappa shape index (κ1) is 13.3. The summed E-state index contributed by atoms with van der Waals surface area (Å²) in [5.41, 5.74) is 1.28. The van der Waals surface area contributed by atoms with Gasteiger partial charge in [0.2, 0.25) is 5.88 Å². The average molecular weight is 249 g/mol. The maximum Gasteiger partial charge on any atom is 0.213 e. The molecule has 0 aliphatic carbocycles. The molecule has 100 valence electrons. The summed E-state index contributed by atoms with van der Waals surface area (Å²) in [5.74, 6) is 0.704. The summed E-state index contributed by atoms with van der Waals surface area (Å²) in [6, 6.07) is 4.80. The number of hydrogen-bond donors (Lipinski definition) is 1. The Morgan fingerprint density at radius 1 is 1.44 bits per heavy atom. The molecule has 0 spiro atoms. The number of likely N-dealkylation sites (tertiary alicyclic amines) is 1. The van der Waals surface area contributed by atoms with Crippen molar-refractivity contribution in [3.63, 3.8) is 0 Å². The highest BCUT2D eigenvalue weighted by Gasteiger charge is 2.18. The third kappa shape index (κ3) is 3.68. The van der Waals surface area contributed by atoms with Crippen LogP contribution in [0.25, 0.3) is 0 Å². The molecule has 1 aromatic rings. The van der Waals surface area contributed by atoms with Gasteiger partial charge in [0, 0.05) is 24.8 Å². The van der Waals surface area contributed by atoms with Gasteiger partial charge in [0.15, 0.2) is 0 Å². The second-order valence-electron chi connectivity index (χ2n) is 4.81. The minimum absolute atomic E-state index is 0.704. The van der Waals surface area contributed by atoms with Gasteiger partial charge in [0.1, 0.15) is 0 Å². The van der Waals surface area contributed by atoms with Crippen LogP contribution >= 0.6 is 0 Å². The summed E-state index contributed by atoms with van der Waals surface area (Å²) >= 11 is 0. The minimum Gasteiger partial charge on any atom is -0.481 e. The lowest BCUT2D eigenvalue weighted by atomic mass is 10.0. The lowest BCUT2D eigenvalue weighted by Crippen LogP contribution is -2.42. The smallest absolute Gasteiger partial charge is 0.213 e. The number of nitrogens with zero attached hydrogens (tertiary/aromatic N) is 2. The number of rotatable bonds is 5. The fourth-order valence-corrected chi connectivity index (χ4v) is 2.50. The highest BCUT2D eigenvalue weighted by Crippen LogP contribution is 2.15. The maximum absolute atomic E-state index is 5.15. The molecule has 0 amide bonds. The highest BCUT2D eigenvalue weighted by atomic mass is 16.5. The van der Waals surface area contributed by atoms with E-state index in [1.54, 1.807) is 7.11 Å². The van der Waals surface area contributed by atoms with Gasteiger partial charge in [-0.15, -0.1) is 0 Å². The highest BCUT2D eigenvalue weighted by molar-refractivity contribution is 5.20. The number of methoxy groups -OCH3 is 1. The number of hydrogen-bond acceptors (Lipinski definition) is 4. The Morgan fingerprint density at radius 2 is 2.22 bits per heavy atom. The third-order valence-corrected chi connectivity index (χ3v) is 3.49. The van der Waals surface area contributed by atoms with Crippen LogP contribution in [0.3, 0.4) is 0 Å². The van der Waals surface area contributed by atoms with Crippen LogP contribution in [0.15, 0.2) is 18.3 Å². The molecule has 0 aromatic carbocycles. The van der Waals surface area contributed by atoms with Gasteiger partial charge < -0.3 is 10.1 Å². The normalized spacial score (nSPS) is 17.9. The summed E-state index contributed by atoms with van der Waals surface area (Å²) in [6.07, 6.45) is 4.31. The number of piperidine rings is 1. The summed E-state index contributed by atoms with van der Waals surface area (Å²) in [4.78, 5) is 6.64. The van der Waals surface area contributed by atoms with Crippen LogP contribution in [0.2, 0.25) is 0 Å². The Balaban J connectivity index is 1.83. The molecule has 1 N–H and O–H groups in total. The average Bonchev–Trinajstić information content (AvgIpc) is 2.42. The number of ether oxygens (including phenoxy) is 1. The molecule has 18 heavy (non-hydrogen) atoms. The van der Waals surface area contributed by atoms with Gasteiger partial charge in [-0.05, 0) is 44.1 Å². The van der Waals surface area contributed by atoms with E-state index in [0.717, 1.165) is 13.1 Å². The second-order valence-corrected chi connectivity index (χ2v) is 4.81. The van der Waals surface area contributed by atoms with Crippen molar-refractivity contribution in [2.24, 2.45) is 0 Å². The van der Waals surface area contributed by atoms with Crippen molar-refractivity contribution in [1.82, 2.24) is 15.2 Å². The van der Waals surface area contributed by atoms with E-state index in [1.165, 1.54) is 31.5 Å². The Bertz CT molecular complexity index is 362. The fourth-order valence-electron chi connectivity index (χ4n) is 2.50. The van der Waals surface area contributed by atoms with Crippen molar-refractivity contribution >= 4 is 0 Å². The van der Waals surface area contributed by atoms with Gasteiger partial charge in [0.25, 0.3) is 0 Å². The van der Waals surface area contributed by atoms with Crippen LogP contribution in [0.4, 0.5) is 0 Å². The molecule has 0 saturated carbocycles. The van der Waals surface area contributed by atoms with E-state index in [-0.39, 0.29) is 0 Å². The molecule has 1 aliphatic heterocycles. The lowest BCUT2D eigenvalue weighted by Gasteiger charge is -2.32. The van der Waals surface area contributed by atoms with Gasteiger partial charge in [-0.3, -0.25) is 4.90 Å². The largest absolute Gasteiger partial charge is 0.481 e. The Kier molecular flexibility index (Phi) is 4.96. The van der Waals surface area contributed by atoms with E-state index in [0.29, 0.717) is 11.9 Å². The third-order valence-electron chi connectivity index (χ3n) is 3.49. The van der Waals surface area contributed by atoms with E-state index in [2.05, 4.69) is 28.2 Å². The SMILES string of the molecule is CCNC1CCN(Cc2ccnc(OC)c2)CC1. The standard InChI is InChI=1S/C14H23N3O/c1-3-15-13-5-8-17(9-6-13)11-12-4-7-16-14(10-12)18-2/h4,7,10,13,15H,3,5-6,8-9,11H2,1-2H3. The summed E-state index contributed by atoms with van der Waals surface area (Å²) in [6.45, 7) is 6.59. The van der Waals surface area contributed by atoms with Crippen molar-refractivity contribution < 1.29 is 4.74 Å². The molecule has 1 aliphatic rings. The van der Waals surface area contributed by atoms with Gasteiger partial charge in [-0.25, -0.2) is 4.98 Å². The van der Waals surface area contributed by atoms with Crippen molar-refractivity contribution in [3.05, 3.63) is 23.9 Å². The molecular formula is C14H23N3O. The van der Waals surface area contributed by atoms with Gasteiger partial charge in [0.05, 0.1) is 7.11 Å². The first-order valence-corrected chi connectivity index (χ1v) is 6.76. The quantitative estimate of drug-likeness (QED) is 0.861. The van der Waals surface area contributed by atoms with Crippen molar-refractivity contribution in [2.75, 3.05) is 26.7 Å². The zero-order chi connectivity index (χ0) is 12.8. The Hall–Kier alpha value is -1.13. The van der Waals surface area contributed by atoms with Crippen LogP contribution in [-0.4, -0.2) is 42.7 Å². The monoisotopic (exact) mass is 249 g/mol. The van der Waals surface area contributed by atoms with Gasteiger partial charge in [-0.1, -0.05) is 6.92 Å². The predicted molar refractivity (Wildman–Crippen MR) is 72.8 cm³/mol. The molecule has 1 saturated heterocycles. The number of aromatic nitrogens is 1. The molecule has 1 aromatic heterocycles. The molecule has 2 rings (SSSR count). The fraction of sp³-hybridized carbons (Fsp3) is 0.643. The molecule has 2 heterocycles. The molecule has 0 bridgehead atoms. The summed E-state index contributed by atoms with van der Waals surface area (Å²) in [7, 11) is 1.66. The van der Waals surface area contributed by atoms with Crippen LogP contribution in [0.5, 0.6) is 5.88 Å². The van der Waals surface area contributed by atoms with Crippen molar-refractivity contribution in [2.45, 2.75) is 32.4 Å². The van der Waals surface area contributed by atoms with E-state index in [4.69, 9.17) is 4.74 Å². The second kappa shape index (κ2) is 6.71. The molecule has 0 unspecified atom stereocenters. The molecule has 0 atom stereocenters. The van der Waals surface area contributed by atoms with Gasteiger partial charge in [-0.2, -0.15) is 0 Å². The molecule has 1 fully saturated rings. The van der Waals surface area contributed by atoms with Crippen LogP contribution in [-0.2, 0) is 6.54 Å². The van der Waals surface area contributed by atoms with Crippen LogP contribution in [0.1, 0.15) is 25.3 Å². The summed E-state index contributed by atoms with van der Waals surface area (Å²) in [5, 5.41) is 3.53. The van der Waals surface area contributed by atoms with E-state index >= 15 is 0 Å². The maximum atomic E-state index is 5.15. The van der Waals surface area contributed by atoms with E-state index in [9.17, 15) is 0 Å². The first-order chi connectivity index (χ1) is 8.81. The molecule has 4 nitrogen and oxygen atoms in total. The van der Waals surface area contributed by atoms with Gasteiger partial charge >= 0.3 is 0 Å². The topological polar surface area (TPSA) is 37.4 Å². The lowest BCUT2D eigenvalue weighted by molar-refractivity contribution is 0.191. The van der Waals surface area contributed by atoms with Crippen LogP contribution < -0.4 is 10.1 Å². The molecule has 0 radical (unpaired) electrons. The van der Waals surface area contributed by atoms with E-state index < -0.39 is 0 Å². The Morgan fingerprint density at radius 3 is 2.89 bits per heavy atom. The van der Waals surface area contributed by atoms with Crippen molar-refractivity contribution in [3.8, 4) is 5.88 Å². The van der Waals surface area contributed by atoms with E-state index in [1.807, 2.05) is 12.3 Å². The van der Waals surface area contributed by atoms with Crippen LogP contribution in [0, 0.1) is 0 Å².